The van der Waals surface area contributed by atoms with Gasteiger partial charge in [0.25, 0.3) is 0 Å². The zero-order valence-corrected chi connectivity index (χ0v) is 7.88. The number of rotatable bonds is 2. The lowest BCUT2D eigenvalue weighted by atomic mass is 10.2. The van der Waals surface area contributed by atoms with Crippen LogP contribution in [0.4, 0.5) is 4.79 Å². The fourth-order valence-electron chi connectivity index (χ4n) is 0.483. The largest absolute Gasteiger partial charge is 0.444 e. The van der Waals surface area contributed by atoms with E-state index in [-0.39, 0.29) is 0 Å². The normalized spacial score (nSPS) is 13.8. The molecule has 0 radical (unpaired) electrons. The fourth-order valence-corrected chi connectivity index (χ4v) is 0.483. The first-order chi connectivity index (χ1) is 5.35. The Balaban J connectivity index is 3.75. The van der Waals surface area contributed by atoms with Crippen molar-refractivity contribution in [2.45, 2.75) is 32.7 Å². The van der Waals surface area contributed by atoms with Crippen molar-refractivity contribution in [3.8, 4) is 0 Å². The second-order valence-electron chi connectivity index (χ2n) is 3.30. The Hall–Kier alpha value is -0.810. The van der Waals surface area contributed by atoms with E-state index in [9.17, 15) is 4.79 Å². The average molecular weight is 176 g/mol. The topological polar surface area (TPSA) is 73.6 Å². The number of alkyl carbamates (subject to hydrolysis) is 1. The van der Waals surface area contributed by atoms with Crippen LogP contribution in [0.5, 0.6) is 0 Å². The van der Waals surface area contributed by atoms with Gasteiger partial charge in [0, 0.05) is 7.11 Å². The van der Waals surface area contributed by atoms with E-state index in [1.807, 2.05) is 0 Å². The Morgan fingerprint density at radius 1 is 1.50 bits per heavy atom. The van der Waals surface area contributed by atoms with Gasteiger partial charge in [-0.15, -0.1) is 0 Å². The number of carbonyl (C=O) groups excluding carboxylic acids is 1. The van der Waals surface area contributed by atoms with Gasteiger partial charge < -0.3 is 9.47 Å². The van der Waals surface area contributed by atoms with Crippen molar-refractivity contribution in [1.82, 2.24) is 5.32 Å². The molecule has 5 nitrogen and oxygen atoms in total. The molecule has 12 heavy (non-hydrogen) atoms. The van der Waals surface area contributed by atoms with Crippen molar-refractivity contribution in [3.63, 3.8) is 0 Å². The number of carbonyl (C=O) groups is 1. The number of nitrogens with one attached hydrogen (secondary N) is 1. The minimum atomic E-state index is -0.820. The third kappa shape index (κ3) is 5.94. The molecule has 0 saturated heterocycles. The molecule has 1 atom stereocenters. The average Bonchev–Trinajstić information content (AvgIpc) is 1.82. The summed E-state index contributed by atoms with van der Waals surface area (Å²) in [5.41, 5.74) is 4.74. The molecular weight excluding hydrogens is 160 g/mol. The zero-order valence-electron chi connectivity index (χ0n) is 7.88. The van der Waals surface area contributed by atoms with E-state index < -0.39 is 18.0 Å². The highest BCUT2D eigenvalue weighted by atomic mass is 16.6. The van der Waals surface area contributed by atoms with E-state index in [1.165, 1.54) is 7.11 Å². The number of hydrogen-bond donors (Lipinski definition) is 2. The predicted molar refractivity (Wildman–Crippen MR) is 44.4 cm³/mol. The molecule has 0 rings (SSSR count). The van der Waals surface area contributed by atoms with Gasteiger partial charge in [0.1, 0.15) is 5.60 Å². The fraction of sp³-hybridized carbons (Fsp3) is 0.857. The van der Waals surface area contributed by atoms with Crippen LogP contribution in [-0.4, -0.2) is 25.2 Å². The summed E-state index contributed by atoms with van der Waals surface area (Å²) in [5.74, 6) is 0. The van der Waals surface area contributed by atoms with Gasteiger partial charge in [0.05, 0.1) is 0 Å². The minimum absolute atomic E-state index is 0.516. The van der Waals surface area contributed by atoms with E-state index in [4.69, 9.17) is 10.5 Å². The van der Waals surface area contributed by atoms with Gasteiger partial charge in [-0.25, -0.2) is 4.79 Å². The van der Waals surface area contributed by atoms with Crippen molar-refractivity contribution in [2.24, 2.45) is 5.73 Å². The number of amides is 1. The Morgan fingerprint density at radius 3 is 2.33 bits per heavy atom. The highest BCUT2D eigenvalue weighted by Gasteiger charge is 2.17. The van der Waals surface area contributed by atoms with Gasteiger partial charge in [0.2, 0.25) is 0 Å². The van der Waals surface area contributed by atoms with Crippen LogP contribution in [-0.2, 0) is 9.47 Å². The van der Waals surface area contributed by atoms with Crippen LogP contribution in [0.2, 0.25) is 0 Å². The second-order valence-corrected chi connectivity index (χ2v) is 3.30. The van der Waals surface area contributed by atoms with E-state index in [0.29, 0.717) is 0 Å². The monoisotopic (exact) mass is 176 g/mol. The van der Waals surface area contributed by atoms with Gasteiger partial charge in [-0.2, -0.15) is 0 Å². The lowest BCUT2D eigenvalue weighted by molar-refractivity contribution is 0.0257. The molecule has 0 aromatic rings. The molecule has 1 unspecified atom stereocenters. The molecule has 3 N–H and O–H groups in total. The van der Waals surface area contributed by atoms with Crippen molar-refractivity contribution < 1.29 is 14.3 Å². The van der Waals surface area contributed by atoms with Crippen LogP contribution in [0, 0.1) is 0 Å². The van der Waals surface area contributed by atoms with E-state index in [2.05, 4.69) is 10.1 Å². The number of ether oxygens (including phenoxy) is 2. The van der Waals surface area contributed by atoms with Gasteiger partial charge >= 0.3 is 6.09 Å². The summed E-state index contributed by atoms with van der Waals surface area (Å²) in [5, 5.41) is 2.28. The Morgan fingerprint density at radius 2 is 2.00 bits per heavy atom. The van der Waals surface area contributed by atoms with Crippen LogP contribution in [0.25, 0.3) is 0 Å². The van der Waals surface area contributed by atoms with Gasteiger partial charge in [0.15, 0.2) is 6.35 Å². The van der Waals surface area contributed by atoms with Gasteiger partial charge in [-0.05, 0) is 20.8 Å². The zero-order chi connectivity index (χ0) is 9.78. The molecular formula is C7H16N2O3. The van der Waals surface area contributed by atoms with E-state index in [0.717, 1.165) is 0 Å². The van der Waals surface area contributed by atoms with Crippen LogP contribution in [0.1, 0.15) is 20.8 Å². The maximum Gasteiger partial charge on any atom is 0.410 e. The minimum Gasteiger partial charge on any atom is -0.444 e. The van der Waals surface area contributed by atoms with Crippen LogP contribution < -0.4 is 11.1 Å². The first kappa shape index (κ1) is 11.2. The number of methoxy groups -OCH3 is 1. The highest BCUT2D eigenvalue weighted by Crippen LogP contribution is 2.06. The van der Waals surface area contributed by atoms with Crippen molar-refractivity contribution in [1.29, 1.82) is 0 Å². The van der Waals surface area contributed by atoms with E-state index >= 15 is 0 Å². The van der Waals surface area contributed by atoms with Crippen molar-refractivity contribution in [3.05, 3.63) is 0 Å². The lowest BCUT2D eigenvalue weighted by Gasteiger charge is -2.21. The Kier molecular flexibility index (Phi) is 3.99. The SMILES string of the molecule is COC(N)NC(=O)OC(C)(C)C. The lowest BCUT2D eigenvalue weighted by Crippen LogP contribution is -2.45. The maximum atomic E-state index is 10.9. The molecule has 0 aliphatic rings. The highest BCUT2D eigenvalue weighted by molar-refractivity contribution is 5.67. The number of nitrogens with two attached hydrogens (primary N) is 1. The molecule has 72 valence electrons. The summed E-state index contributed by atoms with van der Waals surface area (Å²) in [4.78, 5) is 10.9. The smallest absolute Gasteiger partial charge is 0.410 e. The third-order valence-corrected chi connectivity index (χ3v) is 0.913. The quantitative estimate of drug-likeness (QED) is 0.597. The standard InChI is InChI=1S/C7H16N2O3/c1-7(2,3)12-6(10)9-5(8)11-4/h5H,8H2,1-4H3,(H,9,10). The molecule has 0 spiro atoms. The molecule has 0 heterocycles. The predicted octanol–water partition coefficient (Wildman–Crippen LogP) is 0.400. The first-order valence-electron chi connectivity index (χ1n) is 3.63. The third-order valence-electron chi connectivity index (χ3n) is 0.913. The second kappa shape index (κ2) is 4.27. The van der Waals surface area contributed by atoms with Crippen LogP contribution >= 0.6 is 0 Å². The molecule has 0 aromatic carbocycles. The number of hydrogen-bond acceptors (Lipinski definition) is 4. The summed E-state index contributed by atoms with van der Waals surface area (Å²) in [6.07, 6.45) is -1.41. The summed E-state index contributed by atoms with van der Waals surface area (Å²) in [6, 6.07) is 0. The first-order valence-corrected chi connectivity index (χ1v) is 3.63. The Bertz CT molecular complexity index is 153. The van der Waals surface area contributed by atoms with E-state index in [1.54, 1.807) is 20.8 Å². The molecule has 0 aromatic heterocycles. The molecule has 1 amide bonds. The molecule has 0 aliphatic heterocycles. The summed E-state index contributed by atoms with van der Waals surface area (Å²) in [6.45, 7) is 5.31. The molecule has 0 fully saturated rings. The van der Waals surface area contributed by atoms with Gasteiger partial charge in [-0.3, -0.25) is 11.1 Å². The summed E-state index contributed by atoms with van der Waals surface area (Å²) >= 11 is 0. The van der Waals surface area contributed by atoms with Crippen molar-refractivity contribution >= 4 is 6.09 Å². The molecule has 0 bridgehead atoms. The Labute approximate surface area is 72.2 Å². The van der Waals surface area contributed by atoms with Crippen LogP contribution in [0.3, 0.4) is 0 Å². The van der Waals surface area contributed by atoms with Crippen molar-refractivity contribution in [2.75, 3.05) is 7.11 Å². The molecule has 0 saturated carbocycles. The molecule has 5 heteroatoms. The molecule has 0 aliphatic carbocycles. The summed E-state index contributed by atoms with van der Waals surface area (Å²) in [7, 11) is 1.39. The van der Waals surface area contributed by atoms with Gasteiger partial charge in [-0.1, -0.05) is 0 Å². The maximum absolute atomic E-state index is 10.9. The summed E-state index contributed by atoms with van der Waals surface area (Å²) < 4.78 is 9.50. The van der Waals surface area contributed by atoms with Crippen LogP contribution in [0.15, 0.2) is 0 Å².